The molecule has 5 amide bonds. The molecule has 15 heteroatoms. The van der Waals surface area contributed by atoms with Crippen LogP contribution in [0, 0.1) is 23.7 Å². The first-order chi connectivity index (χ1) is 28.3. The lowest BCUT2D eigenvalue weighted by Crippen LogP contribution is -2.54. The number of carbonyl (C=O) groups excluding carboxylic acids is 6. The maximum absolute atomic E-state index is 14.0. The van der Waals surface area contributed by atoms with Crippen molar-refractivity contribution in [2.75, 3.05) is 32.6 Å². The minimum atomic E-state index is -0.819. The molecule has 0 spiro atoms. The van der Waals surface area contributed by atoms with Gasteiger partial charge in [-0.1, -0.05) is 70.5 Å². The second-order valence-corrected chi connectivity index (χ2v) is 16.5. The van der Waals surface area contributed by atoms with E-state index in [2.05, 4.69) is 25.9 Å². The van der Waals surface area contributed by atoms with Crippen LogP contribution in [0.3, 0.4) is 0 Å². The summed E-state index contributed by atoms with van der Waals surface area (Å²) in [7, 11) is 2.52. The van der Waals surface area contributed by atoms with Crippen molar-refractivity contribution in [1.82, 2.24) is 30.4 Å². The highest BCUT2D eigenvalue weighted by molar-refractivity contribution is 6.00. The zero-order chi connectivity index (χ0) is 42.4. The van der Waals surface area contributed by atoms with Crippen molar-refractivity contribution < 1.29 is 38.2 Å². The van der Waals surface area contributed by atoms with E-state index in [1.54, 1.807) is 16.0 Å². The molecule has 15 nitrogen and oxygen atoms in total. The maximum Gasteiger partial charge on any atom is 0.407 e. The summed E-state index contributed by atoms with van der Waals surface area (Å²) < 4.78 is 9.47. The third-order valence-corrected chi connectivity index (χ3v) is 12.0. The smallest absolute Gasteiger partial charge is 0.407 e. The van der Waals surface area contributed by atoms with E-state index in [1.165, 1.54) is 14.2 Å². The number of Topliss-reactive ketones (excluding diaryl/α,β-unsaturated/α-hetero) is 1. The third-order valence-electron chi connectivity index (χ3n) is 12.0. The van der Waals surface area contributed by atoms with Gasteiger partial charge in [-0.15, -0.1) is 0 Å². The van der Waals surface area contributed by atoms with Crippen LogP contribution in [-0.4, -0.2) is 101 Å². The summed E-state index contributed by atoms with van der Waals surface area (Å²) in [5.74, 6) is -1.37. The molecule has 1 aromatic heterocycles. The van der Waals surface area contributed by atoms with Gasteiger partial charge >= 0.3 is 12.2 Å². The van der Waals surface area contributed by atoms with Crippen LogP contribution in [0.1, 0.15) is 84.5 Å². The van der Waals surface area contributed by atoms with Crippen LogP contribution in [0.25, 0.3) is 22.4 Å². The first kappa shape index (κ1) is 42.9. The number of rotatable bonds is 13. The molecular weight excluding hydrogens is 755 g/mol. The predicted molar refractivity (Wildman–Crippen MR) is 221 cm³/mol. The molecule has 0 radical (unpaired) electrons. The number of amides is 5. The van der Waals surface area contributed by atoms with Crippen molar-refractivity contribution >= 4 is 41.4 Å². The van der Waals surface area contributed by atoms with Crippen LogP contribution in [0.2, 0.25) is 0 Å². The lowest BCUT2D eigenvalue weighted by molar-refractivity contribution is -0.142. The van der Waals surface area contributed by atoms with Gasteiger partial charge in [-0.05, 0) is 79.2 Å². The number of H-pyrrole nitrogens is 1. The Bertz CT molecular complexity index is 2000. The highest BCUT2D eigenvalue weighted by atomic mass is 16.5. The number of imidazole rings is 1. The minimum absolute atomic E-state index is 0.0837. The summed E-state index contributed by atoms with van der Waals surface area (Å²) in [6, 6.07) is 13.2. The molecule has 316 valence electrons. The zero-order valence-corrected chi connectivity index (χ0v) is 34.8. The molecule has 1 saturated carbocycles. The summed E-state index contributed by atoms with van der Waals surface area (Å²) >= 11 is 0. The van der Waals surface area contributed by atoms with Crippen LogP contribution >= 0.6 is 0 Å². The molecule has 6 rings (SSSR count). The molecule has 2 saturated heterocycles. The number of ether oxygens (including phenoxy) is 2. The number of aromatic nitrogens is 2. The van der Waals surface area contributed by atoms with Gasteiger partial charge in [-0.25, -0.2) is 14.6 Å². The number of ketones is 1. The maximum atomic E-state index is 14.0. The largest absolute Gasteiger partial charge is 0.453 e. The van der Waals surface area contributed by atoms with Crippen LogP contribution in [0.4, 0.5) is 15.3 Å². The Hall–Kier alpha value is -5.73. The number of nitrogens with zero attached hydrogens (tertiary/aromatic N) is 3. The number of carbonyl (C=O) groups is 6. The normalized spacial score (nSPS) is 21.3. The number of alkyl carbamates (subject to hydrolysis) is 2. The van der Waals surface area contributed by atoms with Gasteiger partial charge in [0.15, 0.2) is 5.78 Å². The first-order valence-electron chi connectivity index (χ1n) is 20.7. The molecule has 0 bridgehead atoms. The fourth-order valence-corrected chi connectivity index (χ4v) is 8.73. The second kappa shape index (κ2) is 18.9. The average molecular weight is 812 g/mol. The molecule has 6 atom stereocenters. The highest BCUT2D eigenvalue weighted by Crippen LogP contribution is 2.37. The first-order valence-corrected chi connectivity index (χ1v) is 20.7. The molecule has 4 N–H and O–H groups in total. The molecule has 3 aliphatic rings. The van der Waals surface area contributed by atoms with Crippen LogP contribution in [0.5, 0.6) is 0 Å². The molecule has 1 aliphatic carbocycles. The van der Waals surface area contributed by atoms with Crippen molar-refractivity contribution in [2.45, 2.75) is 96.8 Å². The predicted octanol–water partition coefficient (Wildman–Crippen LogP) is 6.08. The topological polar surface area (TPSA) is 192 Å². The molecule has 2 aromatic carbocycles. The van der Waals surface area contributed by atoms with E-state index in [0.717, 1.165) is 41.6 Å². The van der Waals surface area contributed by atoms with Crippen molar-refractivity contribution in [3.63, 3.8) is 0 Å². The van der Waals surface area contributed by atoms with Crippen LogP contribution in [0.15, 0.2) is 54.7 Å². The SMILES string of the molecule is COC(=O)N[C@H](C(=O)N1CCC[C@H]1C(=O)C1CCC[C@H]1C(=O)Nc1ccc(-c2ccc(-c3cnc([C@@H]4CCCN4C(=O)[C@@H](NC(=O)OC)C(C)C)[nH]3)cc2)cc1)C(C)C. The lowest BCUT2D eigenvalue weighted by Gasteiger charge is -2.32. The monoisotopic (exact) mass is 811 g/mol. The summed E-state index contributed by atoms with van der Waals surface area (Å²) in [6.07, 6.45) is 5.16. The summed E-state index contributed by atoms with van der Waals surface area (Å²) in [6.45, 7) is 8.44. The van der Waals surface area contributed by atoms with E-state index >= 15 is 0 Å². The van der Waals surface area contributed by atoms with Gasteiger partial charge in [0.25, 0.3) is 0 Å². The molecule has 2 aliphatic heterocycles. The van der Waals surface area contributed by atoms with Crippen molar-refractivity contribution in [1.29, 1.82) is 0 Å². The summed E-state index contributed by atoms with van der Waals surface area (Å²) in [5.41, 5.74) is 4.33. The van der Waals surface area contributed by atoms with Crippen LogP contribution < -0.4 is 16.0 Å². The van der Waals surface area contributed by atoms with Gasteiger partial charge in [-0.3, -0.25) is 19.2 Å². The number of nitrogens with one attached hydrogen (secondary N) is 4. The Labute approximate surface area is 345 Å². The highest BCUT2D eigenvalue weighted by Gasteiger charge is 2.45. The van der Waals surface area contributed by atoms with Crippen molar-refractivity contribution in [3.05, 3.63) is 60.6 Å². The molecule has 59 heavy (non-hydrogen) atoms. The summed E-state index contributed by atoms with van der Waals surface area (Å²) in [4.78, 5) is 90.1. The molecule has 3 fully saturated rings. The van der Waals surface area contributed by atoms with Gasteiger partial charge in [-0.2, -0.15) is 0 Å². The molecular formula is C44H57N7O8. The third kappa shape index (κ3) is 9.60. The van der Waals surface area contributed by atoms with Gasteiger partial charge in [0.1, 0.15) is 17.9 Å². The van der Waals surface area contributed by atoms with Gasteiger partial charge in [0.05, 0.1) is 38.2 Å². The van der Waals surface area contributed by atoms with E-state index in [1.807, 2.05) is 76.2 Å². The average Bonchev–Trinajstić information content (AvgIpc) is 4.08. The molecule has 3 heterocycles. The molecule has 1 unspecified atom stereocenters. The van der Waals surface area contributed by atoms with E-state index in [9.17, 15) is 28.8 Å². The zero-order valence-electron chi connectivity index (χ0n) is 34.8. The van der Waals surface area contributed by atoms with Crippen molar-refractivity contribution in [3.8, 4) is 22.4 Å². The Morgan fingerprint density at radius 2 is 1.20 bits per heavy atom. The Kier molecular flexibility index (Phi) is 13.7. The van der Waals surface area contributed by atoms with Gasteiger partial charge in [0, 0.05) is 30.6 Å². The van der Waals surface area contributed by atoms with Gasteiger partial charge < -0.3 is 40.2 Å². The van der Waals surface area contributed by atoms with Crippen molar-refractivity contribution in [2.24, 2.45) is 23.7 Å². The van der Waals surface area contributed by atoms with E-state index < -0.39 is 42.1 Å². The number of aromatic amines is 1. The Morgan fingerprint density at radius 1 is 0.678 bits per heavy atom. The Morgan fingerprint density at radius 3 is 1.80 bits per heavy atom. The van der Waals surface area contributed by atoms with E-state index in [-0.39, 0.29) is 41.4 Å². The standard InChI is InChI=1S/C44H57N7O8/c1-25(2)36(48-43(56)58-5)41(54)50-22-8-12-34(50)38(52)31-10-7-11-32(31)40(53)46-30-20-18-28(19-21-30)27-14-16-29(17-15-27)33-24-45-39(47-33)35-13-9-23-51(35)42(55)37(26(3)4)49-44(57)59-6/h14-21,24-26,31-32,34-37H,7-13,22-23H2,1-6H3,(H,45,47)(H,46,53)(H,48,56)(H,49,57)/t31?,32-,34+,35+,36+,37+/m1/s1. The number of methoxy groups -OCH3 is 2. The second-order valence-electron chi connectivity index (χ2n) is 16.5. The number of likely N-dealkylation sites (tertiary alicyclic amines) is 2. The number of benzene rings is 2. The fraction of sp³-hybridized carbons (Fsp3) is 0.523. The Balaban J connectivity index is 1.06. The number of hydrogen-bond donors (Lipinski definition) is 4. The van der Waals surface area contributed by atoms with E-state index in [4.69, 9.17) is 9.47 Å². The quantitative estimate of drug-likeness (QED) is 0.158. The summed E-state index contributed by atoms with van der Waals surface area (Å²) in [5, 5.41) is 8.33. The van der Waals surface area contributed by atoms with Gasteiger partial charge in [0.2, 0.25) is 17.7 Å². The fourth-order valence-electron chi connectivity index (χ4n) is 8.73. The number of hydrogen-bond acceptors (Lipinski definition) is 9. The molecule has 3 aromatic rings. The lowest BCUT2D eigenvalue weighted by atomic mass is 9.86. The number of anilines is 1. The van der Waals surface area contributed by atoms with Crippen LogP contribution in [-0.2, 0) is 28.7 Å². The minimum Gasteiger partial charge on any atom is -0.453 e. The van der Waals surface area contributed by atoms with E-state index in [0.29, 0.717) is 50.3 Å².